The fourth-order valence-corrected chi connectivity index (χ4v) is 5.32. The van der Waals surface area contributed by atoms with Crippen LogP contribution in [0, 0.1) is 5.92 Å². The topological polar surface area (TPSA) is 74.7 Å². The minimum atomic E-state index is -0.980. The van der Waals surface area contributed by atoms with E-state index in [0.29, 0.717) is 38.8 Å². The molecule has 1 aromatic heterocycles. The Kier molecular flexibility index (Phi) is 5.16. The Labute approximate surface area is 180 Å². The maximum atomic E-state index is 13.9. The van der Waals surface area contributed by atoms with E-state index in [9.17, 15) is 18.8 Å². The lowest BCUT2D eigenvalue weighted by Gasteiger charge is -2.45. The molecule has 1 aliphatic carbocycles. The lowest BCUT2D eigenvalue weighted by atomic mass is 9.80. The average molecular weight is 426 g/mol. The van der Waals surface area contributed by atoms with Gasteiger partial charge in [0.2, 0.25) is 11.8 Å². The molecule has 2 aromatic rings. The molecule has 0 radical (unpaired) electrons. The molecule has 3 aliphatic rings. The van der Waals surface area contributed by atoms with Crippen molar-refractivity contribution in [3.8, 4) is 0 Å². The first-order valence-electron chi connectivity index (χ1n) is 11.1. The Hall–Kier alpha value is -2.90. The van der Waals surface area contributed by atoms with Crippen molar-refractivity contribution in [3.63, 3.8) is 0 Å². The standard InChI is InChI=1S/C23H27FN4O3/c24-16-5-6-19-18(13-16)22(30)28(23(31)25-19)17-8-11-26(12-9-17)21(29)14-27-10-7-15-3-1-2-4-20(15)27/h1-4,7,10,16-19H,5-6,8-9,11-14H2,(H,25,31). The van der Waals surface area contributed by atoms with Gasteiger partial charge in [0.05, 0.1) is 5.92 Å². The molecule has 3 unspecified atom stereocenters. The second-order valence-corrected chi connectivity index (χ2v) is 8.90. The minimum Gasteiger partial charge on any atom is -0.341 e. The number of urea groups is 1. The number of carbonyl (C=O) groups is 3. The Balaban J connectivity index is 1.21. The SMILES string of the molecule is O=C(Cn1ccc2ccccc21)N1CCC(N2C(=O)NC3CCC(F)CC3C2=O)CC1. The van der Waals surface area contributed by atoms with Crippen LogP contribution in [-0.4, -0.2) is 63.6 Å². The number of hydrogen-bond acceptors (Lipinski definition) is 3. The fraction of sp³-hybridized carbons (Fsp3) is 0.522. The van der Waals surface area contributed by atoms with Crippen molar-refractivity contribution in [1.82, 2.24) is 19.7 Å². The van der Waals surface area contributed by atoms with Crippen LogP contribution >= 0.6 is 0 Å². The minimum absolute atomic E-state index is 0.0295. The maximum absolute atomic E-state index is 13.9. The highest BCUT2D eigenvalue weighted by Gasteiger charge is 2.47. The lowest BCUT2D eigenvalue weighted by molar-refractivity contribution is -0.141. The molecule has 3 fully saturated rings. The van der Waals surface area contributed by atoms with Crippen molar-refractivity contribution in [2.75, 3.05) is 13.1 Å². The van der Waals surface area contributed by atoms with Gasteiger partial charge in [0.1, 0.15) is 12.7 Å². The molecule has 1 saturated carbocycles. The number of likely N-dealkylation sites (tertiary alicyclic amines) is 1. The van der Waals surface area contributed by atoms with Gasteiger partial charge < -0.3 is 14.8 Å². The van der Waals surface area contributed by atoms with Gasteiger partial charge in [0.25, 0.3) is 0 Å². The van der Waals surface area contributed by atoms with Crippen LogP contribution in [-0.2, 0) is 16.1 Å². The predicted octanol–water partition coefficient (Wildman–Crippen LogP) is 2.69. The van der Waals surface area contributed by atoms with Crippen LogP contribution in [0.2, 0.25) is 0 Å². The number of nitrogens with one attached hydrogen (secondary N) is 1. The smallest absolute Gasteiger partial charge is 0.324 e. The van der Waals surface area contributed by atoms with Crippen molar-refractivity contribution < 1.29 is 18.8 Å². The Morgan fingerprint density at radius 2 is 1.84 bits per heavy atom. The molecule has 31 heavy (non-hydrogen) atoms. The monoisotopic (exact) mass is 426 g/mol. The van der Waals surface area contributed by atoms with E-state index in [4.69, 9.17) is 0 Å². The summed E-state index contributed by atoms with van der Waals surface area (Å²) < 4.78 is 15.8. The molecule has 1 N–H and O–H groups in total. The molecule has 3 atom stereocenters. The average Bonchev–Trinajstić information content (AvgIpc) is 3.18. The zero-order chi connectivity index (χ0) is 21.5. The van der Waals surface area contributed by atoms with Gasteiger partial charge in [-0.3, -0.25) is 14.5 Å². The largest absolute Gasteiger partial charge is 0.341 e. The van der Waals surface area contributed by atoms with E-state index in [2.05, 4.69) is 5.32 Å². The van der Waals surface area contributed by atoms with Crippen LogP contribution in [0.25, 0.3) is 10.9 Å². The lowest BCUT2D eigenvalue weighted by Crippen LogP contribution is -2.65. The molecular weight excluding hydrogens is 399 g/mol. The normalized spacial score (nSPS) is 27.3. The first kappa shape index (κ1) is 20.0. The number of amides is 4. The summed E-state index contributed by atoms with van der Waals surface area (Å²) in [7, 11) is 0. The number of rotatable bonds is 3. The van der Waals surface area contributed by atoms with Crippen LogP contribution < -0.4 is 5.32 Å². The summed E-state index contributed by atoms with van der Waals surface area (Å²) >= 11 is 0. The van der Waals surface area contributed by atoms with E-state index >= 15 is 0 Å². The zero-order valence-electron chi connectivity index (χ0n) is 17.4. The van der Waals surface area contributed by atoms with E-state index in [1.807, 2.05) is 41.1 Å². The Morgan fingerprint density at radius 1 is 1.06 bits per heavy atom. The molecule has 4 amide bonds. The van der Waals surface area contributed by atoms with Gasteiger partial charge in [0.15, 0.2) is 0 Å². The molecule has 164 valence electrons. The van der Waals surface area contributed by atoms with Crippen LogP contribution in [0.15, 0.2) is 36.5 Å². The van der Waals surface area contributed by atoms with E-state index < -0.39 is 12.1 Å². The summed E-state index contributed by atoms with van der Waals surface area (Å²) in [5.74, 6) is -0.690. The Bertz CT molecular complexity index is 1010. The van der Waals surface area contributed by atoms with E-state index in [0.717, 1.165) is 10.9 Å². The molecule has 2 aliphatic heterocycles. The second kappa shape index (κ2) is 7.98. The number of para-hydroxylation sites is 1. The van der Waals surface area contributed by atoms with Crippen molar-refractivity contribution in [3.05, 3.63) is 36.5 Å². The summed E-state index contributed by atoms with van der Waals surface area (Å²) in [4.78, 5) is 41.5. The number of fused-ring (bicyclic) bond motifs is 2. The third-order valence-corrected chi connectivity index (χ3v) is 7.04. The number of halogens is 1. The number of piperidine rings is 1. The van der Waals surface area contributed by atoms with Gasteiger partial charge in [-0.05, 0) is 49.6 Å². The highest BCUT2D eigenvalue weighted by Crippen LogP contribution is 2.33. The molecule has 7 nitrogen and oxygen atoms in total. The van der Waals surface area contributed by atoms with Crippen LogP contribution in [0.1, 0.15) is 32.1 Å². The number of aromatic nitrogens is 1. The number of alkyl halides is 1. The quantitative estimate of drug-likeness (QED) is 0.820. The molecule has 1 aromatic carbocycles. The molecule has 3 heterocycles. The first-order valence-corrected chi connectivity index (χ1v) is 11.1. The highest BCUT2D eigenvalue weighted by molar-refractivity contribution is 5.99. The number of carbonyl (C=O) groups excluding carboxylic acids is 3. The van der Waals surface area contributed by atoms with Gasteiger partial charge in [-0.1, -0.05) is 18.2 Å². The van der Waals surface area contributed by atoms with E-state index in [1.165, 1.54) is 4.90 Å². The van der Waals surface area contributed by atoms with Crippen molar-refractivity contribution in [2.45, 2.75) is 56.9 Å². The van der Waals surface area contributed by atoms with Gasteiger partial charge in [-0.15, -0.1) is 0 Å². The predicted molar refractivity (Wildman–Crippen MR) is 113 cm³/mol. The van der Waals surface area contributed by atoms with E-state index in [-0.39, 0.29) is 42.9 Å². The van der Waals surface area contributed by atoms with Gasteiger partial charge >= 0.3 is 6.03 Å². The van der Waals surface area contributed by atoms with Gasteiger partial charge in [-0.25, -0.2) is 9.18 Å². The Morgan fingerprint density at radius 3 is 2.65 bits per heavy atom. The summed E-state index contributed by atoms with van der Waals surface area (Å²) in [6.45, 7) is 1.27. The summed E-state index contributed by atoms with van der Waals surface area (Å²) in [6.07, 6.45) is 3.13. The maximum Gasteiger partial charge on any atom is 0.324 e. The summed E-state index contributed by atoms with van der Waals surface area (Å²) in [5.41, 5.74) is 1.02. The molecule has 0 spiro atoms. The van der Waals surface area contributed by atoms with Gasteiger partial charge in [-0.2, -0.15) is 0 Å². The number of imide groups is 1. The third-order valence-electron chi connectivity index (χ3n) is 7.04. The second-order valence-electron chi connectivity index (χ2n) is 8.90. The summed E-state index contributed by atoms with van der Waals surface area (Å²) in [6, 6.07) is 9.08. The number of benzene rings is 1. The fourth-order valence-electron chi connectivity index (χ4n) is 5.32. The zero-order valence-corrected chi connectivity index (χ0v) is 17.4. The van der Waals surface area contributed by atoms with Crippen molar-refractivity contribution in [1.29, 1.82) is 0 Å². The van der Waals surface area contributed by atoms with Crippen LogP contribution in [0.5, 0.6) is 0 Å². The molecular formula is C23H27FN4O3. The number of hydrogen-bond donors (Lipinski definition) is 1. The van der Waals surface area contributed by atoms with E-state index in [1.54, 1.807) is 4.90 Å². The van der Waals surface area contributed by atoms with Gasteiger partial charge in [0, 0.05) is 36.9 Å². The molecule has 8 heteroatoms. The first-order chi connectivity index (χ1) is 15.0. The molecule has 2 saturated heterocycles. The summed E-state index contributed by atoms with van der Waals surface area (Å²) in [5, 5.41) is 4.01. The molecule has 0 bridgehead atoms. The number of nitrogens with zero attached hydrogens (tertiary/aromatic N) is 3. The molecule has 5 rings (SSSR count). The third kappa shape index (κ3) is 3.68. The van der Waals surface area contributed by atoms with Crippen molar-refractivity contribution in [2.24, 2.45) is 5.92 Å². The highest BCUT2D eigenvalue weighted by atomic mass is 19.1. The van der Waals surface area contributed by atoms with Crippen LogP contribution in [0.4, 0.5) is 9.18 Å². The van der Waals surface area contributed by atoms with Crippen molar-refractivity contribution >= 4 is 28.7 Å². The van der Waals surface area contributed by atoms with Crippen LogP contribution in [0.3, 0.4) is 0 Å².